The van der Waals surface area contributed by atoms with Gasteiger partial charge in [0, 0.05) is 0 Å². The second-order valence-corrected chi connectivity index (χ2v) is 2.74. The van der Waals surface area contributed by atoms with Gasteiger partial charge in [0.05, 0.1) is 13.2 Å². The third-order valence-electron chi connectivity index (χ3n) is 1.25. The molecule has 0 aromatic heterocycles. The summed E-state index contributed by atoms with van der Waals surface area (Å²) in [6, 6.07) is 0. The van der Waals surface area contributed by atoms with E-state index in [9.17, 15) is 0 Å². The summed E-state index contributed by atoms with van der Waals surface area (Å²) < 4.78 is 8.27. The maximum atomic E-state index is 7.98. The van der Waals surface area contributed by atoms with Gasteiger partial charge in [-0.15, -0.1) is 0 Å². The summed E-state index contributed by atoms with van der Waals surface area (Å²) in [5, 5.41) is 23.9. The lowest BCUT2D eigenvalue weighted by molar-refractivity contribution is -0.153. The van der Waals surface area contributed by atoms with E-state index < -0.39 is 12.3 Å². The summed E-state index contributed by atoms with van der Waals surface area (Å²) in [6.45, 7) is 6.36. The van der Waals surface area contributed by atoms with E-state index in [4.69, 9.17) is 15.3 Å². The fraction of sp³-hybridized carbons (Fsp3) is 1.00. The summed E-state index contributed by atoms with van der Waals surface area (Å²) in [5.74, 6) is -2.24. The first-order valence-corrected chi connectivity index (χ1v) is 4.43. The van der Waals surface area contributed by atoms with Crippen LogP contribution in [0.5, 0.6) is 0 Å². The van der Waals surface area contributed by atoms with Crippen molar-refractivity contribution in [1.29, 1.82) is 0 Å². The highest BCUT2D eigenvalue weighted by molar-refractivity contribution is 4.68. The van der Waals surface area contributed by atoms with E-state index in [0.29, 0.717) is 0 Å². The monoisotopic (exact) mass is 194 g/mol. The molecule has 0 aromatic carbocycles. The van der Waals surface area contributed by atoms with Gasteiger partial charge in [-0.25, -0.2) is 0 Å². The van der Waals surface area contributed by atoms with Crippen molar-refractivity contribution in [2.45, 2.75) is 39.0 Å². The Morgan fingerprint density at radius 3 is 1.46 bits per heavy atom. The summed E-state index contributed by atoms with van der Waals surface area (Å²) in [4.78, 5) is 0. The van der Waals surface area contributed by atoms with Crippen molar-refractivity contribution in [2.24, 2.45) is 0 Å². The Kier molecular flexibility index (Phi) is 6.19. The molecule has 2 aliphatic heterocycles. The first-order chi connectivity index (χ1) is 6.04. The van der Waals surface area contributed by atoms with E-state index in [0.717, 1.165) is 13.2 Å². The van der Waals surface area contributed by atoms with Crippen LogP contribution in [0, 0.1) is 0 Å². The molecule has 0 aromatic rings. The van der Waals surface area contributed by atoms with Gasteiger partial charge in [0.1, 0.15) is 0 Å². The van der Waals surface area contributed by atoms with Crippen molar-refractivity contribution < 1.29 is 24.8 Å². The minimum absolute atomic E-state index is 1.00. The highest BCUT2D eigenvalue weighted by Gasteiger charge is 2.54. The lowest BCUT2D eigenvalue weighted by atomic mass is 10.4. The summed E-state index contributed by atoms with van der Waals surface area (Å²) in [7, 11) is 0. The van der Waals surface area contributed by atoms with Crippen LogP contribution in [-0.2, 0) is 9.47 Å². The van der Waals surface area contributed by atoms with Crippen molar-refractivity contribution in [3.63, 3.8) is 0 Å². The quantitative estimate of drug-likeness (QED) is 0.397. The van der Waals surface area contributed by atoms with Crippen LogP contribution < -0.4 is 0 Å². The average Bonchev–Trinajstić information content (AvgIpc) is 2.93. The second kappa shape index (κ2) is 6.28. The summed E-state index contributed by atoms with van der Waals surface area (Å²) >= 11 is 0. The van der Waals surface area contributed by atoms with Gasteiger partial charge in [-0.05, 0) is 0 Å². The molecule has 0 spiro atoms. The minimum Gasteiger partial charge on any atom is -0.377 e. The predicted molar refractivity (Wildman–Crippen MR) is 45.7 cm³/mol. The molecule has 5 nitrogen and oxygen atoms in total. The van der Waals surface area contributed by atoms with Crippen LogP contribution in [0.15, 0.2) is 0 Å². The van der Waals surface area contributed by atoms with Crippen LogP contribution in [0.1, 0.15) is 26.7 Å². The number of unbranched alkanes of at least 4 members (excludes halogenated alkanes) is 1. The minimum atomic E-state index is -2.24. The van der Waals surface area contributed by atoms with Crippen molar-refractivity contribution in [3.05, 3.63) is 0 Å². The van der Waals surface area contributed by atoms with Crippen LogP contribution in [0.3, 0.4) is 0 Å². The van der Waals surface area contributed by atoms with Crippen LogP contribution in [0.25, 0.3) is 0 Å². The van der Waals surface area contributed by atoms with Gasteiger partial charge in [0.25, 0.3) is 0 Å². The first kappa shape index (κ1) is 12.8. The van der Waals surface area contributed by atoms with Crippen LogP contribution in [0.2, 0.25) is 0 Å². The third kappa shape index (κ3) is 9.72. The highest BCUT2D eigenvalue weighted by Crippen LogP contribution is 2.26. The topological polar surface area (TPSA) is 85.8 Å². The molecule has 3 N–H and O–H groups in total. The number of hydrogen-bond donors (Lipinski definition) is 3. The second-order valence-electron chi connectivity index (χ2n) is 2.74. The van der Waals surface area contributed by atoms with E-state index >= 15 is 0 Å². The van der Waals surface area contributed by atoms with Gasteiger partial charge in [0.15, 0.2) is 0 Å². The van der Waals surface area contributed by atoms with Gasteiger partial charge < -0.3 is 20.1 Å². The molecule has 2 heterocycles. The Bertz CT molecular complexity index is 119. The largest absolute Gasteiger partial charge is 0.377 e. The summed E-state index contributed by atoms with van der Waals surface area (Å²) in [5.41, 5.74) is 0. The Balaban J connectivity index is 0.000000179. The van der Waals surface area contributed by atoms with Gasteiger partial charge in [-0.3, -0.25) is 4.74 Å². The Morgan fingerprint density at radius 1 is 1.23 bits per heavy atom. The van der Waals surface area contributed by atoms with E-state index in [1.807, 2.05) is 0 Å². The average molecular weight is 194 g/mol. The molecular formula is C8H18O5. The number of aliphatic hydroxyl groups excluding tert-OH is 1. The van der Waals surface area contributed by atoms with E-state index in [-0.39, 0.29) is 0 Å². The highest BCUT2D eigenvalue weighted by atomic mass is 16.9. The van der Waals surface area contributed by atoms with Gasteiger partial charge in [-0.2, -0.15) is 0 Å². The normalized spacial score (nSPS) is 26.1. The molecule has 0 bridgehead atoms. The molecule has 2 fully saturated rings. The van der Waals surface area contributed by atoms with Crippen LogP contribution in [0.4, 0.5) is 0 Å². The standard InChI is InChI=1S/C4H10.C2H4O4.C2H4O/c1-3-4-2;3-1-2(4,5)6-1;1-2-3-1/h3-4H2,1-2H3;1,3-5H;1-2H2. The third-order valence-corrected chi connectivity index (χ3v) is 1.25. The van der Waals surface area contributed by atoms with Gasteiger partial charge in [-0.1, -0.05) is 26.7 Å². The van der Waals surface area contributed by atoms with E-state index in [1.165, 1.54) is 12.8 Å². The number of epoxide rings is 2. The SMILES string of the molecule is C1CO1.CCCC.OC1OC1(O)O. The van der Waals surface area contributed by atoms with Crippen molar-refractivity contribution in [2.75, 3.05) is 13.2 Å². The van der Waals surface area contributed by atoms with Crippen molar-refractivity contribution in [1.82, 2.24) is 0 Å². The lowest BCUT2D eigenvalue weighted by Crippen LogP contribution is -2.10. The molecule has 2 aliphatic rings. The van der Waals surface area contributed by atoms with E-state index in [1.54, 1.807) is 0 Å². The zero-order valence-corrected chi connectivity index (χ0v) is 8.06. The molecule has 2 rings (SSSR count). The molecular weight excluding hydrogens is 176 g/mol. The van der Waals surface area contributed by atoms with Crippen molar-refractivity contribution in [3.8, 4) is 0 Å². The number of rotatable bonds is 1. The van der Waals surface area contributed by atoms with Gasteiger partial charge in [0.2, 0.25) is 6.29 Å². The van der Waals surface area contributed by atoms with Crippen molar-refractivity contribution >= 4 is 0 Å². The molecule has 80 valence electrons. The molecule has 13 heavy (non-hydrogen) atoms. The first-order valence-electron chi connectivity index (χ1n) is 4.43. The predicted octanol–water partition coefficient (Wildman–Crippen LogP) is -0.204. The van der Waals surface area contributed by atoms with Crippen LogP contribution in [-0.4, -0.2) is 40.8 Å². The zero-order valence-electron chi connectivity index (χ0n) is 8.06. The number of hydrogen-bond acceptors (Lipinski definition) is 5. The Morgan fingerprint density at radius 2 is 1.46 bits per heavy atom. The van der Waals surface area contributed by atoms with E-state index in [2.05, 4.69) is 23.3 Å². The molecule has 2 saturated heterocycles. The summed E-state index contributed by atoms with van der Waals surface area (Å²) in [6.07, 6.45) is 1.25. The molecule has 0 aliphatic carbocycles. The Hall–Kier alpha value is -0.200. The molecule has 1 unspecified atom stereocenters. The Labute approximate surface area is 77.9 Å². The molecule has 1 atom stereocenters. The molecule has 5 heteroatoms. The molecule has 0 amide bonds. The maximum Gasteiger partial charge on any atom is 0.334 e. The maximum absolute atomic E-state index is 7.98. The zero-order chi connectivity index (χ0) is 10.3. The fourth-order valence-corrected chi connectivity index (χ4v) is 0.130. The van der Waals surface area contributed by atoms with Crippen LogP contribution >= 0.6 is 0 Å². The van der Waals surface area contributed by atoms with Gasteiger partial charge >= 0.3 is 5.97 Å². The molecule has 0 saturated carbocycles. The number of aliphatic hydroxyl groups is 3. The number of ether oxygens (including phenoxy) is 2. The fourth-order valence-electron chi connectivity index (χ4n) is 0.130. The smallest absolute Gasteiger partial charge is 0.334 e. The molecule has 0 radical (unpaired) electrons. The lowest BCUT2D eigenvalue weighted by Gasteiger charge is -1.83.